The van der Waals surface area contributed by atoms with E-state index in [9.17, 15) is 0 Å². The van der Waals surface area contributed by atoms with Crippen molar-refractivity contribution in [2.24, 2.45) is 0 Å². The van der Waals surface area contributed by atoms with Gasteiger partial charge in [-0.3, -0.25) is 0 Å². The molecule has 0 saturated heterocycles. The van der Waals surface area contributed by atoms with Gasteiger partial charge in [-0.05, 0) is 24.3 Å². The Labute approximate surface area is 146 Å². The van der Waals surface area contributed by atoms with Crippen molar-refractivity contribution >= 4 is 37.7 Å². The van der Waals surface area contributed by atoms with Crippen LogP contribution in [-0.2, 0) is 0 Å². The zero-order chi connectivity index (χ0) is 16.7. The molecular formula is C17H13BrN4O2. The van der Waals surface area contributed by atoms with Crippen molar-refractivity contribution < 1.29 is 9.47 Å². The second-order valence-corrected chi connectivity index (χ2v) is 6.10. The molecule has 0 aliphatic rings. The summed E-state index contributed by atoms with van der Waals surface area (Å²) < 4.78 is 13.6. The summed E-state index contributed by atoms with van der Waals surface area (Å²) in [4.78, 5) is 8.77. The predicted octanol–water partition coefficient (Wildman–Crippen LogP) is 3.75. The lowest BCUT2D eigenvalue weighted by Gasteiger charge is -2.11. The summed E-state index contributed by atoms with van der Waals surface area (Å²) in [6, 6.07) is 9.71. The summed E-state index contributed by atoms with van der Waals surface area (Å²) in [6.45, 7) is 0. The molecule has 0 spiro atoms. The van der Waals surface area contributed by atoms with Crippen molar-refractivity contribution in [3.8, 4) is 17.3 Å². The number of fused-ring (bicyclic) bond motifs is 2. The molecule has 24 heavy (non-hydrogen) atoms. The van der Waals surface area contributed by atoms with Crippen molar-refractivity contribution in [3.63, 3.8) is 0 Å². The van der Waals surface area contributed by atoms with Gasteiger partial charge in [0.05, 0.1) is 31.4 Å². The number of methoxy groups -OCH3 is 2. The van der Waals surface area contributed by atoms with E-state index < -0.39 is 0 Å². The average molecular weight is 385 g/mol. The highest BCUT2D eigenvalue weighted by Crippen LogP contribution is 2.33. The Morgan fingerprint density at radius 2 is 1.79 bits per heavy atom. The van der Waals surface area contributed by atoms with Gasteiger partial charge in [0, 0.05) is 21.3 Å². The van der Waals surface area contributed by atoms with Crippen LogP contribution in [0.1, 0.15) is 0 Å². The number of benzene rings is 2. The van der Waals surface area contributed by atoms with E-state index in [1.807, 2.05) is 36.5 Å². The topological polar surface area (TPSA) is 62.1 Å². The molecule has 0 unspecified atom stereocenters. The fraction of sp³-hybridized carbons (Fsp3) is 0.118. The van der Waals surface area contributed by atoms with Gasteiger partial charge < -0.3 is 9.47 Å². The molecule has 120 valence electrons. The third-order valence-electron chi connectivity index (χ3n) is 3.85. The molecule has 0 bridgehead atoms. The number of hydrogen-bond donors (Lipinski definition) is 0. The first-order chi connectivity index (χ1) is 11.7. The maximum Gasteiger partial charge on any atom is 0.165 e. The summed E-state index contributed by atoms with van der Waals surface area (Å²) in [6.07, 6.45) is 3.34. The van der Waals surface area contributed by atoms with Gasteiger partial charge in [-0.2, -0.15) is 5.10 Å². The first-order valence-electron chi connectivity index (χ1n) is 7.21. The minimum Gasteiger partial charge on any atom is -0.493 e. The molecule has 7 heteroatoms. The van der Waals surface area contributed by atoms with E-state index in [1.54, 1.807) is 18.9 Å². The summed E-state index contributed by atoms with van der Waals surface area (Å²) in [5, 5.41) is 6.35. The molecule has 2 aromatic heterocycles. The standard InChI is InChI=1S/C17H13BrN4O2/c1-23-15-6-12-13(7-16(15)24-2)19-9-20-17(12)22-14-4-3-11(18)5-10(14)8-21-22/h3-9H,1-2H3. The van der Waals surface area contributed by atoms with Crippen LogP contribution in [0, 0.1) is 0 Å². The van der Waals surface area contributed by atoms with E-state index in [-0.39, 0.29) is 0 Å². The highest BCUT2D eigenvalue weighted by atomic mass is 79.9. The van der Waals surface area contributed by atoms with Crippen LogP contribution in [-0.4, -0.2) is 34.0 Å². The lowest BCUT2D eigenvalue weighted by Crippen LogP contribution is -2.02. The molecule has 4 rings (SSSR count). The second kappa shape index (κ2) is 5.76. The molecule has 0 amide bonds. The minimum absolute atomic E-state index is 0.625. The number of halogens is 1. The van der Waals surface area contributed by atoms with Crippen LogP contribution in [0.4, 0.5) is 0 Å². The predicted molar refractivity (Wildman–Crippen MR) is 95.0 cm³/mol. The van der Waals surface area contributed by atoms with Crippen LogP contribution in [0.25, 0.3) is 27.6 Å². The highest BCUT2D eigenvalue weighted by Gasteiger charge is 2.14. The molecule has 0 atom stereocenters. The highest BCUT2D eigenvalue weighted by molar-refractivity contribution is 9.10. The molecule has 0 fully saturated rings. The van der Waals surface area contributed by atoms with Gasteiger partial charge in [0.25, 0.3) is 0 Å². The van der Waals surface area contributed by atoms with Gasteiger partial charge >= 0.3 is 0 Å². The van der Waals surface area contributed by atoms with Crippen LogP contribution >= 0.6 is 15.9 Å². The largest absolute Gasteiger partial charge is 0.493 e. The van der Waals surface area contributed by atoms with Crippen molar-refractivity contribution in [1.82, 2.24) is 19.7 Å². The summed E-state index contributed by atoms with van der Waals surface area (Å²) in [7, 11) is 3.21. The van der Waals surface area contributed by atoms with Crippen LogP contribution in [0.3, 0.4) is 0 Å². The number of rotatable bonds is 3. The number of ether oxygens (including phenoxy) is 2. The molecule has 2 aromatic carbocycles. The fourth-order valence-corrected chi connectivity index (χ4v) is 3.09. The van der Waals surface area contributed by atoms with Gasteiger partial charge in [0.2, 0.25) is 0 Å². The van der Waals surface area contributed by atoms with E-state index in [1.165, 1.54) is 6.33 Å². The zero-order valence-corrected chi connectivity index (χ0v) is 14.6. The first-order valence-corrected chi connectivity index (χ1v) is 8.01. The van der Waals surface area contributed by atoms with Crippen molar-refractivity contribution in [3.05, 3.63) is 47.3 Å². The summed E-state index contributed by atoms with van der Waals surface area (Å²) >= 11 is 3.48. The Balaban J connectivity index is 2.02. The van der Waals surface area contributed by atoms with Gasteiger partial charge in [-0.15, -0.1) is 0 Å². The molecule has 2 heterocycles. The lowest BCUT2D eigenvalue weighted by atomic mass is 10.2. The van der Waals surface area contributed by atoms with Crippen LogP contribution < -0.4 is 9.47 Å². The first kappa shape index (κ1) is 14.9. The average Bonchev–Trinajstić information content (AvgIpc) is 3.02. The fourth-order valence-electron chi connectivity index (χ4n) is 2.71. The molecule has 0 aliphatic carbocycles. The molecule has 0 N–H and O–H groups in total. The van der Waals surface area contributed by atoms with Crippen molar-refractivity contribution in [2.75, 3.05) is 14.2 Å². The normalized spacial score (nSPS) is 11.1. The van der Waals surface area contributed by atoms with Crippen LogP contribution in [0.15, 0.2) is 47.3 Å². The summed E-state index contributed by atoms with van der Waals surface area (Å²) in [5.74, 6) is 1.95. The molecule has 0 aliphatic heterocycles. The van der Waals surface area contributed by atoms with E-state index in [4.69, 9.17) is 9.47 Å². The molecule has 4 aromatic rings. The Kier molecular flexibility index (Phi) is 3.57. The van der Waals surface area contributed by atoms with Crippen LogP contribution in [0.5, 0.6) is 11.5 Å². The molecule has 0 saturated carbocycles. The smallest absolute Gasteiger partial charge is 0.165 e. The van der Waals surface area contributed by atoms with Gasteiger partial charge in [-0.25, -0.2) is 14.6 Å². The van der Waals surface area contributed by atoms with E-state index >= 15 is 0 Å². The maximum absolute atomic E-state index is 5.40. The van der Waals surface area contributed by atoms with Crippen LogP contribution in [0.2, 0.25) is 0 Å². The zero-order valence-electron chi connectivity index (χ0n) is 13.0. The van der Waals surface area contributed by atoms with Gasteiger partial charge in [0.1, 0.15) is 6.33 Å². The number of hydrogen-bond acceptors (Lipinski definition) is 5. The summed E-state index contributed by atoms with van der Waals surface area (Å²) in [5.41, 5.74) is 1.73. The van der Waals surface area contributed by atoms with Crippen molar-refractivity contribution in [1.29, 1.82) is 0 Å². The Bertz CT molecular complexity index is 1060. The van der Waals surface area contributed by atoms with E-state index in [0.29, 0.717) is 17.3 Å². The molecular weight excluding hydrogens is 372 g/mol. The van der Waals surface area contributed by atoms with Gasteiger partial charge in [0.15, 0.2) is 17.3 Å². The number of aromatic nitrogens is 4. The van der Waals surface area contributed by atoms with Crippen molar-refractivity contribution in [2.45, 2.75) is 0 Å². The monoisotopic (exact) mass is 384 g/mol. The SMILES string of the molecule is COc1cc2ncnc(-n3ncc4cc(Br)ccc43)c2cc1OC. The molecule has 6 nitrogen and oxygen atoms in total. The van der Waals surface area contributed by atoms with E-state index in [2.05, 4.69) is 31.0 Å². The number of nitrogens with zero attached hydrogens (tertiary/aromatic N) is 4. The Morgan fingerprint density at radius 1 is 1.00 bits per heavy atom. The van der Waals surface area contributed by atoms with Gasteiger partial charge in [-0.1, -0.05) is 15.9 Å². The maximum atomic E-state index is 5.40. The third-order valence-corrected chi connectivity index (χ3v) is 4.34. The minimum atomic E-state index is 0.625. The third kappa shape index (κ3) is 2.28. The lowest BCUT2D eigenvalue weighted by molar-refractivity contribution is 0.355. The van der Waals surface area contributed by atoms with E-state index in [0.717, 1.165) is 26.3 Å². The quantitative estimate of drug-likeness (QED) is 0.538. The molecule has 0 radical (unpaired) electrons. The Hall–Kier alpha value is -2.67. The Morgan fingerprint density at radius 3 is 2.58 bits per heavy atom. The second-order valence-electron chi connectivity index (χ2n) is 5.18.